The van der Waals surface area contributed by atoms with Gasteiger partial charge in [-0.3, -0.25) is 10.1 Å². The molecule has 104 valence electrons. The first-order chi connectivity index (χ1) is 9.11. The molecular weight excluding hydrogens is 248 g/mol. The summed E-state index contributed by atoms with van der Waals surface area (Å²) in [7, 11) is 1.92. The molecule has 1 aromatic rings. The van der Waals surface area contributed by atoms with Gasteiger partial charge in [-0.15, -0.1) is 0 Å². The van der Waals surface area contributed by atoms with Gasteiger partial charge in [0.25, 0.3) is 5.69 Å². The number of hydrogen-bond acceptors (Lipinski definition) is 5. The van der Waals surface area contributed by atoms with Gasteiger partial charge in [0.15, 0.2) is 0 Å². The van der Waals surface area contributed by atoms with Crippen LogP contribution in [-0.4, -0.2) is 36.3 Å². The van der Waals surface area contributed by atoms with Crippen molar-refractivity contribution in [1.82, 2.24) is 0 Å². The number of hydrogen-bond donors (Lipinski definition) is 1. The van der Waals surface area contributed by atoms with Gasteiger partial charge in [0, 0.05) is 32.0 Å². The fourth-order valence-corrected chi connectivity index (χ4v) is 2.31. The predicted octanol–water partition coefficient (Wildman–Crippen LogP) is 1.70. The first-order valence-electron chi connectivity index (χ1n) is 6.32. The average molecular weight is 266 g/mol. The molecule has 0 aliphatic carbocycles. The van der Waals surface area contributed by atoms with Crippen LogP contribution in [0.5, 0.6) is 0 Å². The minimum atomic E-state index is -0.477. The van der Waals surface area contributed by atoms with E-state index in [1.165, 1.54) is 6.07 Å². The monoisotopic (exact) mass is 266 g/mol. The first-order valence-corrected chi connectivity index (χ1v) is 6.32. The highest BCUT2D eigenvalue weighted by atomic mass is 16.6. The molecule has 6 heteroatoms. The number of nitro benzene ring substituents is 1. The predicted molar refractivity (Wildman–Crippen MR) is 71.3 cm³/mol. The van der Waals surface area contributed by atoms with Crippen molar-refractivity contribution in [3.63, 3.8) is 0 Å². The summed E-state index contributed by atoms with van der Waals surface area (Å²) in [5, 5.41) is 20.0. The van der Waals surface area contributed by atoms with Crippen LogP contribution in [0, 0.1) is 10.1 Å². The van der Waals surface area contributed by atoms with Gasteiger partial charge in [0.1, 0.15) is 0 Å². The molecule has 1 unspecified atom stereocenters. The molecule has 6 nitrogen and oxygen atoms in total. The lowest BCUT2D eigenvalue weighted by atomic mass is 10.1. The molecule has 0 saturated carbocycles. The van der Waals surface area contributed by atoms with E-state index in [2.05, 4.69) is 0 Å². The number of likely N-dealkylation sites (N-methyl/N-ethyl adjacent to an activating group) is 1. The lowest BCUT2D eigenvalue weighted by Crippen LogP contribution is -2.28. The van der Waals surface area contributed by atoms with E-state index in [4.69, 9.17) is 4.74 Å². The minimum absolute atomic E-state index is 0.0447. The van der Waals surface area contributed by atoms with Crippen LogP contribution in [0.15, 0.2) is 18.2 Å². The summed E-state index contributed by atoms with van der Waals surface area (Å²) < 4.78 is 5.56. The summed E-state index contributed by atoms with van der Waals surface area (Å²) in [6.07, 6.45) is 2.35. The largest absolute Gasteiger partial charge is 0.391 e. The van der Waals surface area contributed by atoms with Crippen molar-refractivity contribution in [2.75, 3.05) is 25.1 Å². The molecule has 1 atom stereocenters. The Morgan fingerprint density at radius 2 is 2.37 bits per heavy atom. The molecule has 1 fully saturated rings. The maximum Gasteiger partial charge on any atom is 0.275 e. The molecule has 19 heavy (non-hydrogen) atoms. The van der Waals surface area contributed by atoms with Crippen LogP contribution in [0.25, 0.3) is 0 Å². The normalized spacial score (nSPS) is 18.5. The number of nitrogens with zero attached hydrogens (tertiary/aromatic N) is 2. The number of aliphatic hydroxyl groups excluding tert-OH is 1. The quantitative estimate of drug-likeness (QED) is 0.648. The van der Waals surface area contributed by atoms with Gasteiger partial charge >= 0.3 is 0 Å². The second-order valence-corrected chi connectivity index (χ2v) is 4.74. The molecule has 1 N–H and O–H groups in total. The molecule has 1 aliphatic heterocycles. The molecular formula is C13H18N2O4. The zero-order valence-corrected chi connectivity index (χ0v) is 10.9. The number of benzene rings is 1. The number of aliphatic hydroxyl groups is 1. The van der Waals surface area contributed by atoms with E-state index >= 15 is 0 Å². The fraction of sp³-hybridized carbons (Fsp3) is 0.538. The molecule has 1 aromatic carbocycles. The Hall–Kier alpha value is -1.66. The van der Waals surface area contributed by atoms with Crippen molar-refractivity contribution in [2.24, 2.45) is 0 Å². The van der Waals surface area contributed by atoms with Crippen molar-refractivity contribution >= 4 is 11.4 Å². The SMILES string of the molecule is CN(CC1CCCO1)c1ccc([N+](=O)[O-])c(CO)c1. The maximum absolute atomic E-state index is 10.8. The fourth-order valence-electron chi connectivity index (χ4n) is 2.31. The number of nitro groups is 1. The highest BCUT2D eigenvalue weighted by Gasteiger charge is 2.19. The Bertz CT molecular complexity index is 458. The maximum atomic E-state index is 10.8. The number of rotatable bonds is 5. The molecule has 0 spiro atoms. The second-order valence-electron chi connectivity index (χ2n) is 4.74. The van der Waals surface area contributed by atoms with Gasteiger partial charge in [-0.2, -0.15) is 0 Å². The van der Waals surface area contributed by atoms with Crippen molar-refractivity contribution in [1.29, 1.82) is 0 Å². The van der Waals surface area contributed by atoms with Crippen LogP contribution in [0.2, 0.25) is 0 Å². The van der Waals surface area contributed by atoms with Crippen LogP contribution in [0.4, 0.5) is 11.4 Å². The lowest BCUT2D eigenvalue weighted by molar-refractivity contribution is -0.385. The van der Waals surface area contributed by atoms with Gasteiger partial charge in [-0.25, -0.2) is 0 Å². The van der Waals surface area contributed by atoms with E-state index in [-0.39, 0.29) is 18.4 Å². The number of ether oxygens (including phenoxy) is 1. The molecule has 1 aliphatic rings. The summed E-state index contributed by atoms with van der Waals surface area (Å²) in [6, 6.07) is 4.80. The molecule has 2 rings (SSSR count). The van der Waals surface area contributed by atoms with E-state index in [0.29, 0.717) is 5.56 Å². The molecule has 0 aromatic heterocycles. The third kappa shape index (κ3) is 3.21. The third-order valence-electron chi connectivity index (χ3n) is 3.37. The highest BCUT2D eigenvalue weighted by molar-refractivity contribution is 5.55. The van der Waals surface area contributed by atoms with Gasteiger partial charge in [-0.1, -0.05) is 0 Å². The zero-order chi connectivity index (χ0) is 13.8. The summed E-state index contributed by atoms with van der Waals surface area (Å²) in [4.78, 5) is 12.3. The van der Waals surface area contributed by atoms with E-state index in [1.54, 1.807) is 12.1 Å². The van der Waals surface area contributed by atoms with E-state index in [1.807, 2.05) is 11.9 Å². The van der Waals surface area contributed by atoms with Crippen molar-refractivity contribution in [3.8, 4) is 0 Å². The second kappa shape index (κ2) is 5.99. The van der Waals surface area contributed by atoms with Gasteiger partial charge in [-0.05, 0) is 25.0 Å². The van der Waals surface area contributed by atoms with Crippen LogP contribution >= 0.6 is 0 Å². The molecule has 1 heterocycles. The number of anilines is 1. The molecule has 0 radical (unpaired) electrons. The molecule has 0 bridgehead atoms. The van der Waals surface area contributed by atoms with Crippen molar-refractivity contribution in [3.05, 3.63) is 33.9 Å². The summed E-state index contributed by atoms with van der Waals surface area (Å²) in [6.45, 7) is 1.22. The zero-order valence-electron chi connectivity index (χ0n) is 10.9. The van der Waals surface area contributed by atoms with E-state index in [9.17, 15) is 15.2 Å². The highest BCUT2D eigenvalue weighted by Crippen LogP contribution is 2.25. The topological polar surface area (TPSA) is 75.8 Å². The van der Waals surface area contributed by atoms with Crippen LogP contribution in [0.1, 0.15) is 18.4 Å². The molecule has 0 amide bonds. The lowest BCUT2D eigenvalue weighted by Gasteiger charge is -2.23. The summed E-state index contributed by atoms with van der Waals surface area (Å²) in [5.74, 6) is 0. The average Bonchev–Trinajstić information content (AvgIpc) is 2.90. The Kier molecular flexibility index (Phi) is 4.34. The van der Waals surface area contributed by atoms with Gasteiger partial charge in [0.05, 0.1) is 23.2 Å². The van der Waals surface area contributed by atoms with Crippen LogP contribution < -0.4 is 4.90 Å². The Morgan fingerprint density at radius 1 is 1.58 bits per heavy atom. The Balaban J connectivity index is 2.13. The van der Waals surface area contributed by atoms with Gasteiger partial charge in [0.2, 0.25) is 0 Å². The van der Waals surface area contributed by atoms with Crippen molar-refractivity contribution < 1.29 is 14.8 Å². The standard InChI is InChI=1S/C13H18N2O4/c1-14(8-12-3-2-6-19-12)11-4-5-13(15(17)18)10(7-11)9-16/h4-5,7,12,16H,2-3,6,8-9H2,1H3. The minimum Gasteiger partial charge on any atom is -0.391 e. The van der Waals surface area contributed by atoms with Gasteiger partial charge < -0.3 is 14.7 Å². The Morgan fingerprint density at radius 3 is 2.95 bits per heavy atom. The molecule has 1 saturated heterocycles. The first kappa shape index (κ1) is 13.8. The third-order valence-corrected chi connectivity index (χ3v) is 3.37. The van der Waals surface area contributed by atoms with E-state index in [0.717, 1.165) is 31.7 Å². The van der Waals surface area contributed by atoms with E-state index < -0.39 is 4.92 Å². The Labute approximate surface area is 111 Å². The summed E-state index contributed by atoms with van der Waals surface area (Å²) in [5.41, 5.74) is 1.14. The van der Waals surface area contributed by atoms with Crippen molar-refractivity contribution in [2.45, 2.75) is 25.6 Å². The summed E-state index contributed by atoms with van der Waals surface area (Å²) >= 11 is 0. The van der Waals surface area contributed by atoms with Crippen LogP contribution in [-0.2, 0) is 11.3 Å². The van der Waals surface area contributed by atoms with Crippen LogP contribution in [0.3, 0.4) is 0 Å². The smallest absolute Gasteiger partial charge is 0.275 e.